The number of carbonyl (C=O) groups is 1. The molecule has 9 heteroatoms. The van der Waals surface area contributed by atoms with Crippen LogP contribution in [0.2, 0.25) is 0 Å². The van der Waals surface area contributed by atoms with E-state index in [2.05, 4.69) is 0 Å². The summed E-state index contributed by atoms with van der Waals surface area (Å²) < 4.78 is 58.0. The highest BCUT2D eigenvalue weighted by atomic mass is 32.2. The molecule has 1 atom stereocenters. The fourth-order valence-electron chi connectivity index (χ4n) is 2.93. The number of rotatable bonds is 5. The maximum Gasteiger partial charge on any atom is 0.263 e. The zero-order valence-corrected chi connectivity index (χ0v) is 16.0. The number of amides is 1. The van der Waals surface area contributed by atoms with Gasteiger partial charge in [-0.25, -0.2) is 17.2 Å². The first-order chi connectivity index (χ1) is 13.3. The topological polar surface area (TPSA) is 66.9 Å². The summed E-state index contributed by atoms with van der Waals surface area (Å²) in [5, 5.41) is 0. The van der Waals surface area contributed by atoms with E-state index in [0.29, 0.717) is 5.75 Å². The lowest BCUT2D eigenvalue weighted by Crippen LogP contribution is -2.53. The summed E-state index contributed by atoms with van der Waals surface area (Å²) in [6.07, 6.45) is -0.786. The fourth-order valence-corrected chi connectivity index (χ4v) is 4.35. The van der Waals surface area contributed by atoms with Gasteiger partial charge in [-0.15, -0.1) is 0 Å². The molecule has 1 aliphatic rings. The van der Waals surface area contributed by atoms with Crippen LogP contribution in [0.15, 0.2) is 53.4 Å². The van der Waals surface area contributed by atoms with Gasteiger partial charge in [-0.3, -0.25) is 4.79 Å². The maximum absolute atomic E-state index is 13.0. The number of hydrogen-bond acceptors (Lipinski definition) is 4. The molecule has 0 aliphatic carbocycles. The number of hydrogen-bond donors (Lipinski definition) is 0. The number of nitrogens with zero attached hydrogens (tertiary/aromatic N) is 2. The first kappa shape index (κ1) is 20.2. The maximum atomic E-state index is 13.0. The summed E-state index contributed by atoms with van der Waals surface area (Å²) in [4.78, 5) is 14.1. The Bertz CT molecular complexity index is 925. The number of carbonyl (C=O) groups excluding carboxylic acids is 1. The smallest absolute Gasteiger partial charge is 0.263 e. The van der Waals surface area contributed by atoms with Crippen molar-refractivity contribution in [2.45, 2.75) is 17.9 Å². The normalized spacial score (nSPS) is 16.6. The standard InChI is InChI=1S/C19H20F2N2O4S/c1-14(27-17-6-2-15(20)3-7-17)19(24)22-10-12-23(13-11-22)28(25,26)18-8-4-16(21)5-9-18/h2-9,14H,10-13H2,1H3/t14-/m1/s1. The summed E-state index contributed by atoms with van der Waals surface area (Å²) in [7, 11) is -3.74. The van der Waals surface area contributed by atoms with Crippen LogP contribution in [0, 0.1) is 11.6 Å². The molecule has 2 aromatic carbocycles. The largest absolute Gasteiger partial charge is 0.481 e. The van der Waals surface area contributed by atoms with Gasteiger partial charge >= 0.3 is 0 Å². The summed E-state index contributed by atoms with van der Waals surface area (Å²) >= 11 is 0. The van der Waals surface area contributed by atoms with E-state index in [1.54, 1.807) is 6.92 Å². The third kappa shape index (κ3) is 4.48. The van der Waals surface area contributed by atoms with Crippen LogP contribution in [0.25, 0.3) is 0 Å². The minimum Gasteiger partial charge on any atom is -0.481 e. The van der Waals surface area contributed by atoms with Crippen molar-refractivity contribution in [2.75, 3.05) is 26.2 Å². The molecule has 1 aliphatic heterocycles. The van der Waals surface area contributed by atoms with Crippen LogP contribution in [0.3, 0.4) is 0 Å². The number of ether oxygens (including phenoxy) is 1. The van der Waals surface area contributed by atoms with Gasteiger partial charge in [-0.05, 0) is 55.5 Å². The lowest BCUT2D eigenvalue weighted by molar-refractivity contribution is -0.139. The summed E-state index contributed by atoms with van der Waals surface area (Å²) in [6, 6.07) is 10.00. The summed E-state index contributed by atoms with van der Waals surface area (Å²) in [6.45, 7) is 2.30. The Morgan fingerprint density at radius 1 is 0.929 bits per heavy atom. The molecule has 2 aromatic rings. The van der Waals surface area contributed by atoms with Crippen molar-refractivity contribution in [1.29, 1.82) is 0 Å². The molecule has 0 spiro atoms. The number of halogens is 2. The third-order valence-corrected chi connectivity index (χ3v) is 6.39. The van der Waals surface area contributed by atoms with Gasteiger partial charge in [0.15, 0.2) is 6.10 Å². The molecular formula is C19H20F2N2O4S. The van der Waals surface area contributed by atoms with Gasteiger partial charge < -0.3 is 9.64 Å². The molecule has 0 unspecified atom stereocenters. The van der Waals surface area contributed by atoms with Crippen LogP contribution in [-0.2, 0) is 14.8 Å². The highest BCUT2D eigenvalue weighted by Gasteiger charge is 2.32. The Labute approximate surface area is 162 Å². The fraction of sp³-hybridized carbons (Fsp3) is 0.316. The van der Waals surface area contributed by atoms with Crippen molar-refractivity contribution in [3.8, 4) is 5.75 Å². The van der Waals surface area contributed by atoms with Crippen molar-refractivity contribution < 1.29 is 26.7 Å². The molecule has 0 bridgehead atoms. The molecule has 28 heavy (non-hydrogen) atoms. The van der Waals surface area contributed by atoms with Gasteiger partial charge in [-0.2, -0.15) is 4.31 Å². The van der Waals surface area contributed by atoms with E-state index >= 15 is 0 Å². The lowest BCUT2D eigenvalue weighted by atomic mass is 10.2. The third-order valence-electron chi connectivity index (χ3n) is 4.48. The van der Waals surface area contributed by atoms with Gasteiger partial charge in [0.05, 0.1) is 4.90 Å². The minimum atomic E-state index is -3.74. The Morgan fingerprint density at radius 2 is 1.43 bits per heavy atom. The zero-order valence-electron chi connectivity index (χ0n) is 15.2. The Kier molecular flexibility index (Phi) is 5.95. The van der Waals surface area contributed by atoms with Crippen molar-refractivity contribution in [1.82, 2.24) is 9.21 Å². The van der Waals surface area contributed by atoms with Gasteiger partial charge in [0.2, 0.25) is 10.0 Å². The molecule has 3 rings (SSSR count). The molecule has 0 aromatic heterocycles. The van der Waals surface area contributed by atoms with E-state index < -0.39 is 27.8 Å². The molecule has 0 N–H and O–H groups in total. The molecular weight excluding hydrogens is 390 g/mol. The Morgan fingerprint density at radius 3 is 1.96 bits per heavy atom. The van der Waals surface area contributed by atoms with Crippen LogP contribution < -0.4 is 4.74 Å². The molecule has 6 nitrogen and oxygen atoms in total. The quantitative estimate of drug-likeness (QED) is 0.759. The van der Waals surface area contributed by atoms with Crippen LogP contribution >= 0.6 is 0 Å². The molecule has 1 heterocycles. The van der Waals surface area contributed by atoms with E-state index in [0.717, 1.165) is 12.1 Å². The van der Waals surface area contributed by atoms with E-state index in [-0.39, 0.29) is 37.0 Å². The average molecular weight is 410 g/mol. The van der Waals surface area contributed by atoms with Gasteiger partial charge in [0, 0.05) is 26.2 Å². The van der Waals surface area contributed by atoms with Crippen LogP contribution in [0.5, 0.6) is 5.75 Å². The van der Waals surface area contributed by atoms with Crippen molar-refractivity contribution in [2.24, 2.45) is 0 Å². The molecule has 0 saturated carbocycles. The number of piperazine rings is 1. The monoisotopic (exact) mass is 410 g/mol. The van der Waals surface area contributed by atoms with E-state index in [1.807, 2.05) is 0 Å². The van der Waals surface area contributed by atoms with Crippen molar-refractivity contribution in [3.05, 3.63) is 60.2 Å². The van der Waals surface area contributed by atoms with Gasteiger partial charge in [0.1, 0.15) is 17.4 Å². The predicted molar refractivity (Wildman–Crippen MR) is 98.2 cm³/mol. The highest BCUT2D eigenvalue weighted by molar-refractivity contribution is 7.89. The second kappa shape index (κ2) is 8.24. The predicted octanol–water partition coefficient (Wildman–Crippen LogP) is 2.27. The highest BCUT2D eigenvalue weighted by Crippen LogP contribution is 2.19. The number of sulfonamides is 1. The first-order valence-corrected chi connectivity index (χ1v) is 10.2. The summed E-state index contributed by atoms with van der Waals surface area (Å²) in [5.74, 6) is -0.808. The number of benzene rings is 2. The second-order valence-electron chi connectivity index (χ2n) is 6.40. The SMILES string of the molecule is C[C@@H](Oc1ccc(F)cc1)C(=O)N1CCN(S(=O)(=O)c2ccc(F)cc2)CC1. The van der Waals surface area contributed by atoms with Gasteiger partial charge in [0.25, 0.3) is 5.91 Å². The average Bonchev–Trinajstić information content (AvgIpc) is 2.69. The van der Waals surface area contributed by atoms with Crippen LogP contribution in [0.1, 0.15) is 6.92 Å². The lowest BCUT2D eigenvalue weighted by Gasteiger charge is -2.35. The molecule has 1 fully saturated rings. The van der Waals surface area contributed by atoms with Crippen molar-refractivity contribution >= 4 is 15.9 Å². The van der Waals surface area contributed by atoms with E-state index in [9.17, 15) is 22.0 Å². The molecule has 1 amide bonds. The summed E-state index contributed by atoms with van der Waals surface area (Å²) in [5.41, 5.74) is 0. The van der Waals surface area contributed by atoms with Crippen LogP contribution in [0.4, 0.5) is 8.78 Å². The van der Waals surface area contributed by atoms with Crippen LogP contribution in [-0.4, -0.2) is 55.8 Å². The van der Waals surface area contributed by atoms with E-state index in [1.165, 1.54) is 45.6 Å². The molecule has 150 valence electrons. The van der Waals surface area contributed by atoms with Gasteiger partial charge in [-0.1, -0.05) is 0 Å². The zero-order chi connectivity index (χ0) is 20.3. The minimum absolute atomic E-state index is 0.0155. The molecule has 0 radical (unpaired) electrons. The first-order valence-electron chi connectivity index (χ1n) is 8.74. The van der Waals surface area contributed by atoms with Crippen molar-refractivity contribution in [3.63, 3.8) is 0 Å². The Balaban J connectivity index is 1.58. The molecule has 1 saturated heterocycles. The second-order valence-corrected chi connectivity index (χ2v) is 8.34. The van der Waals surface area contributed by atoms with E-state index in [4.69, 9.17) is 4.74 Å². The Hall–Kier alpha value is -2.52.